The van der Waals surface area contributed by atoms with Crippen LogP contribution in [0.3, 0.4) is 0 Å². The van der Waals surface area contributed by atoms with Crippen LogP contribution in [-0.2, 0) is 0 Å². The van der Waals surface area contributed by atoms with Gasteiger partial charge in [0.2, 0.25) is 0 Å². The molecule has 2 saturated carbocycles. The third-order valence-electron chi connectivity index (χ3n) is 4.72. The minimum atomic E-state index is -0.441. The van der Waals surface area contributed by atoms with Gasteiger partial charge in [-0.05, 0) is 44.1 Å². The molecule has 106 valence electrons. The number of amides is 1. The highest BCUT2D eigenvalue weighted by Crippen LogP contribution is 2.44. The van der Waals surface area contributed by atoms with E-state index in [9.17, 15) is 14.9 Å². The second kappa shape index (κ2) is 4.89. The third-order valence-corrected chi connectivity index (χ3v) is 4.72. The Morgan fingerprint density at radius 1 is 1.35 bits per heavy atom. The molecular weight excluding hydrogens is 256 g/mol. The minimum absolute atomic E-state index is 0.00518. The summed E-state index contributed by atoms with van der Waals surface area (Å²) in [6.07, 6.45) is 4.76. The van der Waals surface area contributed by atoms with E-state index in [0.29, 0.717) is 17.0 Å². The molecule has 20 heavy (non-hydrogen) atoms. The number of aryl methyl sites for hydroxylation is 1. The van der Waals surface area contributed by atoms with Gasteiger partial charge in [-0.2, -0.15) is 0 Å². The third kappa shape index (κ3) is 2.28. The Morgan fingerprint density at radius 2 is 2.15 bits per heavy atom. The Kier molecular flexibility index (Phi) is 3.20. The number of benzene rings is 1. The SMILES string of the molecule is Cc1ccc(C(=O)N[C@@H]2C[C@H]3CC[C@@H]2C3)cc1[N+](=O)[O-]. The maximum absolute atomic E-state index is 12.2. The van der Waals surface area contributed by atoms with Crippen molar-refractivity contribution in [3.63, 3.8) is 0 Å². The van der Waals surface area contributed by atoms with Gasteiger partial charge in [0.1, 0.15) is 0 Å². The molecule has 0 heterocycles. The molecule has 1 aromatic rings. The van der Waals surface area contributed by atoms with E-state index in [2.05, 4.69) is 5.32 Å². The van der Waals surface area contributed by atoms with Crippen molar-refractivity contribution in [3.8, 4) is 0 Å². The van der Waals surface area contributed by atoms with E-state index in [1.54, 1.807) is 19.1 Å². The van der Waals surface area contributed by atoms with Crippen LogP contribution in [0.5, 0.6) is 0 Å². The molecule has 0 aromatic heterocycles. The molecule has 0 spiro atoms. The molecule has 0 radical (unpaired) electrons. The Labute approximate surface area is 117 Å². The summed E-state index contributed by atoms with van der Waals surface area (Å²) >= 11 is 0. The average Bonchev–Trinajstić information content (AvgIpc) is 3.01. The van der Waals surface area contributed by atoms with Crippen molar-refractivity contribution in [3.05, 3.63) is 39.4 Å². The molecule has 2 bridgehead atoms. The Balaban J connectivity index is 1.74. The topological polar surface area (TPSA) is 72.2 Å². The molecule has 3 rings (SSSR count). The van der Waals surface area contributed by atoms with Crippen molar-refractivity contribution < 1.29 is 9.72 Å². The number of nitrogens with zero attached hydrogens (tertiary/aromatic N) is 1. The molecule has 5 heteroatoms. The second-order valence-corrected chi connectivity index (χ2v) is 6.01. The first-order valence-electron chi connectivity index (χ1n) is 7.10. The van der Waals surface area contributed by atoms with Gasteiger partial charge in [0.15, 0.2) is 0 Å². The van der Waals surface area contributed by atoms with Gasteiger partial charge in [-0.15, -0.1) is 0 Å². The number of nitro groups is 1. The van der Waals surface area contributed by atoms with Gasteiger partial charge >= 0.3 is 0 Å². The lowest BCUT2D eigenvalue weighted by molar-refractivity contribution is -0.385. The van der Waals surface area contributed by atoms with E-state index in [4.69, 9.17) is 0 Å². The van der Waals surface area contributed by atoms with Gasteiger partial charge in [-0.1, -0.05) is 12.5 Å². The van der Waals surface area contributed by atoms with E-state index in [1.165, 1.54) is 25.3 Å². The van der Waals surface area contributed by atoms with Crippen LogP contribution in [-0.4, -0.2) is 16.9 Å². The summed E-state index contributed by atoms with van der Waals surface area (Å²) < 4.78 is 0. The quantitative estimate of drug-likeness (QED) is 0.680. The molecule has 2 fully saturated rings. The molecule has 3 atom stereocenters. The molecule has 0 unspecified atom stereocenters. The van der Waals surface area contributed by atoms with Gasteiger partial charge in [-0.25, -0.2) is 0 Å². The van der Waals surface area contributed by atoms with E-state index < -0.39 is 4.92 Å². The lowest BCUT2D eigenvalue weighted by atomic mass is 9.95. The van der Waals surface area contributed by atoms with Crippen molar-refractivity contribution in [1.29, 1.82) is 0 Å². The van der Waals surface area contributed by atoms with E-state index in [-0.39, 0.29) is 17.6 Å². The Hall–Kier alpha value is -1.91. The van der Waals surface area contributed by atoms with Gasteiger partial charge in [-0.3, -0.25) is 14.9 Å². The number of carbonyl (C=O) groups is 1. The highest BCUT2D eigenvalue weighted by Gasteiger charge is 2.40. The molecule has 1 amide bonds. The highest BCUT2D eigenvalue weighted by atomic mass is 16.6. The monoisotopic (exact) mass is 274 g/mol. The van der Waals surface area contributed by atoms with Crippen LogP contribution >= 0.6 is 0 Å². The fourth-order valence-electron chi connectivity index (χ4n) is 3.62. The van der Waals surface area contributed by atoms with Crippen molar-refractivity contribution in [2.24, 2.45) is 11.8 Å². The summed E-state index contributed by atoms with van der Waals surface area (Å²) in [5, 5.41) is 14.0. The Morgan fingerprint density at radius 3 is 2.75 bits per heavy atom. The van der Waals surface area contributed by atoms with E-state index >= 15 is 0 Å². The van der Waals surface area contributed by atoms with Gasteiger partial charge in [0.25, 0.3) is 11.6 Å². The van der Waals surface area contributed by atoms with Crippen molar-refractivity contribution in [2.75, 3.05) is 0 Å². The number of rotatable bonds is 3. The summed E-state index contributed by atoms with van der Waals surface area (Å²) in [6, 6.07) is 4.91. The number of hydrogen-bond donors (Lipinski definition) is 1. The summed E-state index contributed by atoms with van der Waals surface area (Å²) in [6.45, 7) is 1.68. The molecule has 0 saturated heterocycles. The predicted molar refractivity (Wildman–Crippen MR) is 74.5 cm³/mol. The maximum atomic E-state index is 12.2. The first-order valence-corrected chi connectivity index (χ1v) is 7.10. The molecule has 0 aliphatic heterocycles. The fourth-order valence-corrected chi connectivity index (χ4v) is 3.62. The number of hydrogen-bond acceptors (Lipinski definition) is 3. The molecule has 2 aliphatic carbocycles. The first kappa shape index (κ1) is 13.1. The zero-order chi connectivity index (χ0) is 14.3. The summed E-state index contributed by atoms with van der Waals surface area (Å²) in [5.41, 5.74) is 0.960. The smallest absolute Gasteiger partial charge is 0.273 e. The second-order valence-electron chi connectivity index (χ2n) is 6.01. The van der Waals surface area contributed by atoms with E-state index in [0.717, 1.165) is 12.3 Å². The molecule has 1 aromatic carbocycles. The van der Waals surface area contributed by atoms with Crippen LogP contribution < -0.4 is 5.32 Å². The number of carbonyl (C=O) groups excluding carboxylic acids is 1. The molecule has 2 aliphatic rings. The lowest BCUT2D eigenvalue weighted by Crippen LogP contribution is -2.38. The van der Waals surface area contributed by atoms with Crippen LogP contribution in [0.25, 0.3) is 0 Å². The largest absolute Gasteiger partial charge is 0.349 e. The minimum Gasteiger partial charge on any atom is -0.349 e. The van der Waals surface area contributed by atoms with Crippen LogP contribution in [0.1, 0.15) is 41.6 Å². The zero-order valence-electron chi connectivity index (χ0n) is 11.5. The maximum Gasteiger partial charge on any atom is 0.273 e. The summed E-state index contributed by atoms with van der Waals surface area (Å²) in [7, 11) is 0. The lowest BCUT2D eigenvalue weighted by Gasteiger charge is -2.22. The first-order chi connectivity index (χ1) is 9.54. The Bertz CT molecular complexity index is 570. The predicted octanol–water partition coefficient (Wildman–Crippen LogP) is 2.82. The fraction of sp³-hybridized carbons (Fsp3) is 0.533. The van der Waals surface area contributed by atoms with Crippen molar-refractivity contribution in [1.82, 2.24) is 5.32 Å². The number of nitro benzene ring substituents is 1. The normalized spacial score (nSPS) is 27.6. The molecule has 1 N–H and O–H groups in total. The van der Waals surface area contributed by atoms with Crippen molar-refractivity contribution in [2.45, 2.75) is 38.6 Å². The van der Waals surface area contributed by atoms with Crippen LogP contribution in [0.4, 0.5) is 5.69 Å². The van der Waals surface area contributed by atoms with Crippen molar-refractivity contribution >= 4 is 11.6 Å². The van der Waals surface area contributed by atoms with E-state index in [1.807, 2.05) is 0 Å². The summed E-state index contributed by atoms with van der Waals surface area (Å²) in [5.74, 6) is 1.17. The van der Waals surface area contributed by atoms with Gasteiger partial charge in [0.05, 0.1) is 4.92 Å². The number of nitrogens with one attached hydrogen (secondary N) is 1. The molecule has 5 nitrogen and oxygen atoms in total. The zero-order valence-corrected chi connectivity index (χ0v) is 11.5. The number of fused-ring (bicyclic) bond motifs is 2. The standard InChI is InChI=1S/C15H18N2O3/c1-9-2-4-12(8-14(9)17(19)20)15(18)16-13-7-10-3-5-11(13)6-10/h2,4,8,10-11,13H,3,5-7H2,1H3,(H,16,18)/t10-,11+,13+/m0/s1. The molecular formula is C15H18N2O3. The average molecular weight is 274 g/mol. The van der Waals surface area contributed by atoms with Crippen LogP contribution in [0.15, 0.2) is 18.2 Å². The van der Waals surface area contributed by atoms with Crippen LogP contribution in [0, 0.1) is 28.9 Å². The van der Waals surface area contributed by atoms with Crippen LogP contribution in [0.2, 0.25) is 0 Å². The van der Waals surface area contributed by atoms with Gasteiger partial charge < -0.3 is 5.32 Å². The van der Waals surface area contributed by atoms with Gasteiger partial charge in [0, 0.05) is 23.2 Å². The summed E-state index contributed by atoms with van der Waals surface area (Å²) in [4.78, 5) is 22.7. The highest BCUT2D eigenvalue weighted by molar-refractivity contribution is 5.95.